The van der Waals surface area contributed by atoms with Crippen molar-refractivity contribution < 1.29 is 24.2 Å². The highest BCUT2D eigenvalue weighted by molar-refractivity contribution is 5.70. The van der Waals surface area contributed by atoms with Crippen molar-refractivity contribution in [2.75, 3.05) is 13.2 Å². The van der Waals surface area contributed by atoms with Gasteiger partial charge in [-0.05, 0) is 70.6 Å². The van der Waals surface area contributed by atoms with Crippen LogP contribution in [0.2, 0.25) is 0 Å². The molecule has 0 amide bonds. The van der Waals surface area contributed by atoms with Crippen LogP contribution in [0.4, 0.5) is 0 Å². The molecule has 0 aromatic carbocycles. The van der Waals surface area contributed by atoms with Crippen LogP contribution in [-0.2, 0) is 19.1 Å². The van der Waals surface area contributed by atoms with Crippen molar-refractivity contribution in [3.8, 4) is 0 Å². The van der Waals surface area contributed by atoms with E-state index in [1.54, 1.807) is 0 Å². The Labute approximate surface area is 450 Å². The van der Waals surface area contributed by atoms with Gasteiger partial charge >= 0.3 is 11.9 Å². The number of ether oxygens (including phenoxy) is 2. The Bertz CT molecular complexity index is 1140. The molecule has 5 heteroatoms. The lowest BCUT2D eigenvalue weighted by atomic mass is 10.0. The summed E-state index contributed by atoms with van der Waals surface area (Å²) in [6.45, 7) is 4.17. The maximum atomic E-state index is 12.3. The van der Waals surface area contributed by atoms with Gasteiger partial charge in [-0.25, -0.2) is 0 Å². The smallest absolute Gasteiger partial charge is 0.306 e. The molecule has 1 unspecified atom stereocenters. The Morgan fingerprint density at radius 2 is 0.556 bits per heavy atom. The lowest BCUT2D eigenvalue weighted by molar-refractivity contribution is -0.161. The molecule has 1 atom stereocenters. The van der Waals surface area contributed by atoms with E-state index in [0.717, 1.165) is 44.9 Å². The lowest BCUT2D eigenvalue weighted by Gasteiger charge is -2.15. The van der Waals surface area contributed by atoms with Gasteiger partial charge in [-0.3, -0.25) is 9.59 Å². The first-order valence-electron chi connectivity index (χ1n) is 32.5. The molecule has 0 aliphatic rings. The van der Waals surface area contributed by atoms with E-state index in [1.807, 2.05) is 0 Å². The molecule has 0 saturated heterocycles. The monoisotopic (exact) mass is 1010 g/mol. The Balaban J connectivity index is 3.35. The van der Waals surface area contributed by atoms with Crippen LogP contribution in [0.3, 0.4) is 0 Å². The van der Waals surface area contributed by atoms with E-state index in [-0.39, 0.29) is 25.2 Å². The third kappa shape index (κ3) is 60.7. The largest absolute Gasteiger partial charge is 0.462 e. The second kappa shape index (κ2) is 63.4. The summed E-state index contributed by atoms with van der Waals surface area (Å²) in [4.78, 5) is 24.5. The number of rotatable bonds is 61. The van der Waals surface area contributed by atoms with Crippen LogP contribution < -0.4 is 0 Å². The van der Waals surface area contributed by atoms with Gasteiger partial charge in [0.15, 0.2) is 6.10 Å². The lowest BCUT2D eigenvalue weighted by Crippen LogP contribution is -2.28. The van der Waals surface area contributed by atoms with Crippen LogP contribution in [0, 0.1) is 0 Å². The van der Waals surface area contributed by atoms with E-state index in [4.69, 9.17) is 9.47 Å². The van der Waals surface area contributed by atoms with Crippen molar-refractivity contribution in [1.82, 2.24) is 0 Å². The maximum Gasteiger partial charge on any atom is 0.306 e. The number of hydrogen-bond acceptors (Lipinski definition) is 5. The predicted octanol–water partition coefficient (Wildman–Crippen LogP) is 22.2. The summed E-state index contributed by atoms with van der Waals surface area (Å²) in [6, 6.07) is 0. The minimum absolute atomic E-state index is 0.0627. The molecule has 1 N–H and O–H groups in total. The van der Waals surface area contributed by atoms with E-state index < -0.39 is 6.10 Å². The van der Waals surface area contributed by atoms with Gasteiger partial charge in [0, 0.05) is 12.8 Å². The van der Waals surface area contributed by atoms with Crippen molar-refractivity contribution in [2.24, 2.45) is 0 Å². The molecule has 0 aliphatic heterocycles. The minimum Gasteiger partial charge on any atom is -0.462 e. The number of carbonyl (C=O) groups excluding carboxylic acids is 2. The third-order valence-corrected chi connectivity index (χ3v) is 14.9. The molecule has 0 aromatic heterocycles. The van der Waals surface area contributed by atoms with Gasteiger partial charge in [0.05, 0.1) is 6.61 Å². The highest BCUT2D eigenvalue weighted by Crippen LogP contribution is 2.18. The molecule has 0 aromatic rings. The molecule has 0 fully saturated rings. The molecule has 0 aliphatic carbocycles. The van der Waals surface area contributed by atoms with Crippen LogP contribution in [0.15, 0.2) is 36.5 Å². The quantitative estimate of drug-likeness (QED) is 0.0373. The van der Waals surface area contributed by atoms with Crippen LogP contribution >= 0.6 is 0 Å². The van der Waals surface area contributed by atoms with E-state index in [0.29, 0.717) is 12.8 Å². The van der Waals surface area contributed by atoms with Crippen LogP contribution in [0.25, 0.3) is 0 Å². The van der Waals surface area contributed by atoms with Crippen molar-refractivity contribution in [3.63, 3.8) is 0 Å². The summed E-state index contributed by atoms with van der Waals surface area (Å²) in [5.74, 6) is -0.576. The normalized spacial score (nSPS) is 12.3. The molecule has 424 valence electrons. The fourth-order valence-electron chi connectivity index (χ4n) is 10.00. The number of aliphatic hydroxyl groups is 1. The van der Waals surface area contributed by atoms with Crippen LogP contribution in [-0.4, -0.2) is 36.4 Å². The van der Waals surface area contributed by atoms with Gasteiger partial charge in [0.25, 0.3) is 0 Å². The van der Waals surface area contributed by atoms with Gasteiger partial charge in [-0.2, -0.15) is 0 Å². The Kier molecular flexibility index (Phi) is 61.8. The van der Waals surface area contributed by atoms with Crippen molar-refractivity contribution in [3.05, 3.63) is 36.5 Å². The highest BCUT2D eigenvalue weighted by atomic mass is 16.6. The summed E-state index contributed by atoms with van der Waals surface area (Å²) in [5, 5.41) is 9.66. The summed E-state index contributed by atoms with van der Waals surface area (Å²) in [6.07, 6.45) is 83.2. The number of aliphatic hydroxyl groups excluding tert-OH is 1. The maximum absolute atomic E-state index is 12.3. The zero-order chi connectivity index (χ0) is 52.0. The summed E-state index contributed by atoms with van der Waals surface area (Å²) >= 11 is 0. The summed E-state index contributed by atoms with van der Waals surface area (Å²) in [7, 11) is 0. The number of allylic oxidation sites excluding steroid dienone is 6. The Morgan fingerprint density at radius 3 is 0.833 bits per heavy atom. The first-order chi connectivity index (χ1) is 35.6. The van der Waals surface area contributed by atoms with E-state index in [1.165, 1.54) is 289 Å². The van der Waals surface area contributed by atoms with Crippen molar-refractivity contribution in [2.45, 2.75) is 367 Å². The second-order valence-electron chi connectivity index (χ2n) is 22.2. The molecule has 0 heterocycles. The molecule has 0 bridgehead atoms. The Hall–Kier alpha value is -1.88. The molecule has 0 radical (unpaired) electrons. The highest BCUT2D eigenvalue weighted by Gasteiger charge is 2.16. The fraction of sp³-hybridized carbons (Fsp3) is 0.881. The van der Waals surface area contributed by atoms with Crippen LogP contribution in [0.5, 0.6) is 0 Å². The summed E-state index contributed by atoms with van der Waals surface area (Å²) < 4.78 is 10.7. The third-order valence-electron chi connectivity index (χ3n) is 14.9. The topological polar surface area (TPSA) is 72.8 Å². The molecule has 0 spiro atoms. The van der Waals surface area contributed by atoms with Crippen molar-refractivity contribution >= 4 is 11.9 Å². The van der Waals surface area contributed by atoms with Crippen molar-refractivity contribution in [1.29, 1.82) is 0 Å². The molecular weight excluding hydrogens is 885 g/mol. The summed E-state index contributed by atoms with van der Waals surface area (Å²) in [5.41, 5.74) is 0. The zero-order valence-electron chi connectivity index (χ0n) is 48.7. The van der Waals surface area contributed by atoms with Gasteiger partial charge in [0.1, 0.15) is 6.61 Å². The number of carbonyl (C=O) groups is 2. The zero-order valence-corrected chi connectivity index (χ0v) is 48.7. The standard InChI is InChI=1S/C67H126O5/c1-3-5-7-9-11-13-15-17-19-21-22-23-24-25-26-27-28-29-30-31-32-33-34-35-36-37-38-39-40-41-42-43-44-46-48-50-52-54-56-58-60-62-67(70)72-65(63-68)64-71-66(69)61-59-57-55-53-51-49-47-45-20-18-16-14-12-10-8-6-4-2/h15,17-18,20-22,65,68H,3-14,16,19,23-64H2,1-2H3/b17-15-,20-18-,22-21-. The number of esters is 2. The van der Waals surface area contributed by atoms with Gasteiger partial charge in [-0.15, -0.1) is 0 Å². The molecule has 5 nitrogen and oxygen atoms in total. The number of unbranched alkanes of at least 4 members (excludes halogenated alkanes) is 47. The molecule has 0 rings (SSSR count). The molecule has 72 heavy (non-hydrogen) atoms. The van der Waals surface area contributed by atoms with Gasteiger partial charge < -0.3 is 14.6 Å². The SMILES string of the molecule is CCCCCCC/C=C\C/C=C\CCCCCCCCCCCCCCCCCCCCCCCCCCCCCCCC(=O)OC(CO)COC(=O)CCCCCCCCC/C=C\CCCCCCCC. The van der Waals surface area contributed by atoms with Crippen LogP contribution in [0.1, 0.15) is 361 Å². The van der Waals surface area contributed by atoms with E-state index in [2.05, 4.69) is 50.3 Å². The Morgan fingerprint density at radius 1 is 0.319 bits per heavy atom. The number of hydrogen-bond donors (Lipinski definition) is 1. The predicted molar refractivity (Wildman–Crippen MR) is 316 cm³/mol. The second-order valence-corrected chi connectivity index (χ2v) is 22.2. The first kappa shape index (κ1) is 70.1. The first-order valence-corrected chi connectivity index (χ1v) is 32.5. The van der Waals surface area contributed by atoms with Gasteiger partial charge in [-0.1, -0.05) is 314 Å². The minimum atomic E-state index is -0.771. The van der Waals surface area contributed by atoms with E-state index in [9.17, 15) is 14.7 Å². The van der Waals surface area contributed by atoms with E-state index >= 15 is 0 Å². The molecular formula is C67H126O5. The van der Waals surface area contributed by atoms with Gasteiger partial charge in [0.2, 0.25) is 0 Å². The molecule has 0 saturated carbocycles. The average molecular weight is 1010 g/mol. The fourth-order valence-corrected chi connectivity index (χ4v) is 10.00. The average Bonchev–Trinajstić information content (AvgIpc) is 3.38.